The summed E-state index contributed by atoms with van der Waals surface area (Å²) in [6, 6.07) is 8.75. The van der Waals surface area contributed by atoms with Crippen LogP contribution in [-0.4, -0.2) is 50.0 Å². The van der Waals surface area contributed by atoms with Crippen molar-refractivity contribution in [2.75, 3.05) is 23.3 Å². The van der Waals surface area contributed by atoms with Gasteiger partial charge >= 0.3 is 6.55 Å². The Morgan fingerprint density at radius 1 is 1.06 bits per heavy atom. The van der Waals surface area contributed by atoms with E-state index in [0.717, 1.165) is 17.3 Å². The highest BCUT2D eigenvalue weighted by atomic mass is 19.3. The fraction of sp³-hybridized carbons (Fsp3) is 0.304. The third-order valence-corrected chi connectivity index (χ3v) is 5.50. The van der Waals surface area contributed by atoms with E-state index in [9.17, 15) is 13.2 Å². The lowest BCUT2D eigenvalue weighted by Gasteiger charge is -2.35. The summed E-state index contributed by atoms with van der Waals surface area (Å²) in [5.74, 6) is 0.193. The number of ether oxygens (including phenoxy) is 1. The molecule has 0 bridgehead atoms. The molecule has 0 spiro atoms. The van der Waals surface area contributed by atoms with E-state index in [0.29, 0.717) is 40.4 Å². The number of fused-ring (bicyclic) bond motifs is 1. The van der Waals surface area contributed by atoms with Gasteiger partial charge in [0.25, 0.3) is 0 Å². The molecule has 4 aromatic rings. The van der Waals surface area contributed by atoms with Gasteiger partial charge in [-0.05, 0) is 49.2 Å². The molecule has 1 aromatic carbocycles. The second kappa shape index (κ2) is 8.90. The Kier molecular flexibility index (Phi) is 5.78. The number of benzene rings is 1. The van der Waals surface area contributed by atoms with E-state index >= 15 is 0 Å². The van der Waals surface area contributed by atoms with E-state index in [-0.39, 0.29) is 18.0 Å². The molecule has 0 aliphatic carbocycles. The zero-order chi connectivity index (χ0) is 23.8. The van der Waals surface area contributed by atoms with Gasteiger partial charge in [0.15, 0.2) is 11.6 Å². The Bertz CT molecular complexity index is 1320. The Hall–Kier alpha value is -3.73. The molecule has 0 radical (unpaired) electrons. The van der Waals surface area contributed by atoms with Crippen LogP contribution in [0.25, 0.3) is 22.0 Å². The lowest BCUT2D eigenvalue weighted by Crippen LogP contribution is -2.46. The SMILES string of the molecule is C[C@@H]1CN(c2ncc(F)c(Nc3cc(-c4ccc5nn(C(F)F)cc5c4)ccn3)n2)C[C@H](C)O1. The molecule has 4 heterocycles. The third kappa shape index (κ3) is 4.51. The predicted octanol–water partition coefficient (Wildman–Crippen LogP) is 4.78. The smallest absolute Gasteiger partial charge is 0.333 e. The van der Waals surface area contributed by atoms with Crippen molar-refractivity contribution in [1.29, 1.82) is 0 Å². The highest BCUT2D eigenvalue weighted by molar-refractivity contribution is 5.84. The number of pyridine rings is 1. The fourth-order valence-electron chi connectivity index (χ4n) is 4.06. The van der Waals surface area contributed by atoms with Gasteiger partial charge in [-0.15, -0.1) is 0 Å². The van der Waals surface area contributed by atoms with Gasteiger partial charge in [0, 0.05) is 30.9 Å². The van der Waals surface area contributed by atoms with Gasteiger partial charge in [0.1, 0.15) is 5.82 Å². The van der Waals surface area contributed by atoms with Crippen LogP contribution in [0.5, 0.6) is 0 Å². The van der Waals surface area contributed by atoms with Crippen LogP contribution in [0.4, 0.5) is 30.8 Å². The number of alkyl halides is 2. The molecular formula is C23H22F3N7O. The Morgan fingerprint density at radius 2 is 1.82 bits per heavy atom. The monoisotopic (exact) mass is 469 g/mol. The van der Waals surface area contributed by atoms with Crippen LogP contribution < -0.4 is 10.2 Å². The van der Waals surface area contributed by atoms with E-state index in [1.807, 2.05) is 18.7 Å². The van der Waals surface area contributed by atoms with E-state index in [1.54, 1.807) is 36.5 Å². The number of nitrogens with zero attached hydrogens (tertiary/aromatic N) is 6. The van der Waals surface area contributed by atoms with Crippen molar-refractivity contribution in [2.45, 2.75) is 32.6 Å². The minimum absolute atomic E-state index is 0.00936. The number of hydrogen-bond acceptors (Lipinski definition) is 7. The first kappa shape index (κ1) is 22.1. The summed E-state index contributed by atoms with van der Waals surface area (Å²) in [7, 11) is 0. The summed E-state index contributed by atoms with van der Waals surface area (Å²) < 4.78 is 46.8. The van der Waals surface area contributed by atoms with Crippen LogP contribution >= 0.6 is 0 Å². The topological polar surface area (TPSA) is 81.0 Å². The zero-order valence-electron chi connectivity index (χ0n) is 18.5. The van der Waals surface area contributed by atoms with Crippen molar-refractivity contribution in [3.05, 3.63) is 54.7 Å². The molecule has 34 heavy (non-hydrogen) atoms. The molecule has 5 rings (SSSR count). The standard InChI is InChI=1S/C23H22F3N7O/c1-13-10-32(11-14(2)34-13)23-28-9-18(24)21(30-23)29-20-8-16(5-6-27-20)15-3-4-19-17(7-15)12-33(31-19)22(25)26/h3-9,12-14,22H,10-11H2,1-2H3,(H,27,28,29,30)/t13-,14+. The number of morpholine rings is 1. The first-order chi connectivity index (χ1) is 16.4. The van der Waals surface area contributed by atoms with Crippen molar-refractivity contribution < 1.29 is 17.9 Å². The first-order valence-corrected chi connectivity index (χ1v) is 10.8. The summed E-state index contributed by atoms with van der Waals surface area (Å²) in [5.41, 5.74) is 2.03. The van der Waals surface area contributed by atoms with E-state index < -0.39 is 12.4 Å². The summed E-state index contributed by atoms with van der Waals surface area (Å²) >= 11 is 0. The highest BCUT2D eigenvalue weighted by Gasteiger charge is 2.25. The summed E-state index contributed by atoms with van der Waals surface area (Å²) in [6.07, 6.45) is 4.04. The van der Waals surface area contributed by atoms with Gasteiger partial charge in [-0.2, -0.15) is 18.9 Å². The molecule has 11 heteroatoms. The highest BCUT2D eigenvalue weighted by Crippen LogP contribution is 2.28. The molecule has 0 saturated carbocycles. The number of anilines is 3. The fourth-order valence-corrected chi connectivity index (χ4v) is 4.06. The maximum atomic E-state index is 14.5. The molecular weight excluding hydrogens is 447 g/mol. The van der Waals surface area contributed by atoms with Crippen LogP contribution in [0.15, 0.2) is 48.9 Å². The minimum Gasteiger partial charge on any atom is -0.372 e. The van der Waals surface area contributed by atoms with Crippen LogP contribution in [0.1, 0.15) is 20.4 Å². The number of rotatable bonds is 5. The van der Waals surface area contributed by atoms with Crippen LogP contribution in [0.2, 0.25) is 0 Å². The van der Waals surface area contributed by atoms with Crippen LogP contribution in [-0.2, 0) is 4.74 Å². The van der Waals surface area contributed by atoms with Gasteiger partial charge < -0.3 is 15.0 Å². The van der Waals surface area contributed by atoms with E-state index in [4.69, 9.17) is 4.74 Å². The number of nitrogens with one attached hydrogen (secondary N) is 1. The molecule has 0 amide bonds. The molecule has 1 aliphatic rings. The van der Waals surface area contributed by atoms with Crippen LogP contribution in [0.3, 0.4) is 0 Å². The predicted molar refractivity (Wildman–Crippen MR) is 122 cm³/mol. The van der Waals surface area contributed by atoms with Crippen LogP contribution in [0, 0.1) is 5.82 Å². The van der Waals surface area contributed by atoms with Crippen molar-refractivity contribution in [3.63, 3.8) is 0 Å². The second-order valence-electron chi connectivity index (χ2n) is 8.24. The number of aromatic nitrogens is 5. The summed E-state index contributed by atoms with van der Waals surface area (Å²) in [6.45, 7) is 2.44. The van der Waals surface area contributed by atoms with Crippen molar-refractivity contribution in [3.8, 4) is 11.1 Å². The maximum absolute atomic E-state index is 14.5. The van der Waals surface area contributed by atoms with Gasteiger partial charge in [0.2, 0.25) is 5.95 Å². The number of halogens is 3. The molecule has 3 aromatic heterocycles. The molecule has 176 valence electrons. The maximum Gasteiger partial charge on any atom is 0.333 e. The molecule has 0 unspecified atom stereocenters. The van der Waals surface area contributed by atoms with Gasteiger partial charge in [0.05, 0.1) is 23.9 Å². The number of hydrogen-bond donors (Lipinski definition) is 1. The van der Waals surface area contributed by atoms with Gasteiger partial charge in [-0.1, -0.05) is 6.07 Å². The minimum atomic E-state index is -2.70. The lowest BCUT2D eigenvalue weighted by molar-refractivity contribution is -0.00572. The molecule has 1 fully saturated rings. The lowest BCUT2D eigenvalue weighted by atomic mass is 10.1. The summed E-state index contributed by atoms with van der Waals surface area (Å²) in [5, 5.41) is 7.38. The van der Waals surface area contributed by atoms with Gasteiger partial charge in [-0.3, -0.25) is 0 Å². The Balaban J connectivity index is 1.40. The van der Waals surface area contributed by atoms with E-state index in [1.165, 1.54) is 6.20 Å². The molecule has 1 aliphatic heterocycles. The van der Waals surface area contributed by atoms with Crippen molar-refractivity contribution in [2.24, 2.45) is 0 Å². The largest absolute Gasteiger partial charge is 0.372 e. The average Bonchev–Trinajstić information content (AvgIpc) is 3.24. The summed E-state index contributed by atoms with van der Waals surface area (Å²) in [4.78, 5) is 14.7. The quantitative estimate of drug-likeness (QED) is 0.451. The van der Waals surface area contributed by atoms with Crippen molar-refractivity contribution >= 4 is 28.5 Å². The Labute approximate surface area is 193 Å². The van der Waals surface area contributed by atoms with Crippen molar-refractivity contribution in [1.82, 2.24) is 24.7 Å². The van der Waals surface area contributed by atoms with Gasteiger partial charge in [-0.25, -0.2) is 19.0 Å². The molecule has 1 saturated heterocycles. The second-order valence-corrected chi connectivity index (χ2v) is 8.24. The molecule has 8 nitrogen and oxygen atoms in total. The molecule has 2 atom stereocenters. The first-order valence-electron chi connectivity index (χ1n) is 10.8. The third-order valence-electron chi connectivity index (χ3n) is 5.50. The normalized spacial score (nSPS) is 18.6. The van der Waals surface area contributed by atoms with E-state index in [2.05, 4.69) is 25.4 Å². The zero-order valence-corrected chi connectivity index (χ0v) is 18.5. The molecule has 1 N–H and O–H groups in total. The Morgan fingerprint density at radius 3 is 2.59 bits per heavy atom. The average molecular weight is 469 g/mol.